The first-order valence-corrected chi connectivity index (χ1v) is 6.99. The van der Waals surface area contributed by atoms with Crippen molar-refractivity contribution in [3.05, 3.63) is 63.6 Å². The monoisotopic (exact) mass is 354 g/mol. The van der Waals surface area contributed by atoms with Crippen molar-refractivity contribution < 1.29 is 13.6 Å². The highest BCUT2D eigenvalue weighted by Gasteiger charge is 2.18. The number of hydrogen-bond donors (Lipinski definition) is 2. The minimum absolute atomic E-state index is 0.166. The first-order chi connectivity index (χ1) is 9.90. The summed E-state index contributed by atoms with van der Waals surface area (Å²) in [5.41, 5.74) is 6.32. The van der Waals surface area contributed by atoms with Gasteiger partial charge >= 0.3 is 0 Å². The molecule has 0 bridgehead atoms. The van der Waals surface area contributed by atoms with Crippen LogP contribution in [-0.4, -0.2) is 5.91 Å². The molecule has 0 aliphatic carbocycles. The lowest BCUT2D eigenvalue weighted by atomic mass is 10.1. The Balaban J connectivity index is 2.21. The summed E-state index contributed by atoms with van der Waals surface area (Å²) in [6.45, 7) is 1.52. The van der Waals surface area contributed by atoms with Crippen LogP contribution in [0.15, 0.2) is 40.9 Å². The van der Waals surface area contributed by atoms with Crippen molar-refractivity contribution in [2.45, 2.75) is 13.0 Å². The van der Waals surface area contributed by atoms with Crippen LogP contribution in [0.3, 0.4) is 0 Å². The van der Waals surface area contributed by atoms with Crippen LogP contribution in [-0.2, 0) is 0 Å². The summed E-state index contributed by atoms with van der Waals surface area (Å²) in [6, 6.07) is 7.46. The molecule has 0 spiro atoms. The molecule has 0 saturated carbocycles. The second kappa shape index (κ2) is 6.22. The van der Waals surface area contributed by atoms with Crippen LogP contribution in [0.1, 0.15) is 28.9 Å². The molecular formula is C15H13BrF2N2O. The SMILES string of the molecule is CC(NC(=O)c1ccc(N)c(Br)c1)c1c(F)cccc1F. The fourth-order valence-corrected chi connectivity index (χ4v) is 2.32. The number of nitrogens with one attached hydrogen (secondary N) is 1. The number of anilines is 1. The molecule has 0 heterocycles. The molecular weight excluding hydrogens is 342 g/mol. The zero-order chi connectivity index (χ0) is 15.6. The molecule has 1 amide bonds. The number of halogens is 3. The molecule has 0 fully saturated rings. The quantitative estimate of drug-likeness (QED) is 0.823. The van der Waals surface area contributed by atoms with Crippen molar-refractivity contribution >= 4 is 27.5 Å². The summed E-state index contributed by atoms with van der Waals surface area (Å²) in [5.74, 6) is -1.83. The molecule has 0 saturated heterocycles. The summed E-state index contributed by atoms with van der Waals surface area (Å²) in [7, 11) is 0. The molecule has 1 atom stereocenters. The molecule has 0 radical (unpaired) electrons. The van der Waals surface area contributed by atoms with Crippen molar-refractivity contribution in [2.75, 3.05) is 5.73 Å². The van der Waals surface area contributed by atoms with E-state index in [1.54, 1.807) is 18.2 Å². The van der Waals surface area contributed by atoms with Crippen LogP contribution in [0.5, 0.6) is 0 Å². The summed E-state index contributed by atoms with van der Waals surface area (Å²) in [5, 5.41) is 2.56. The predicted molar refractivity (Wildman–Crippen MR) is 80.8 cm³/mol. The summed E-state index contributed by atoms with van der Waals surface area (Å²) in [6.07, 6.45) is 0. The molecule has 6 heteroatoms. The maximum absolute atomic E-state index is 13.7. The number of carbonyl (C=O) groups excluding carboxylic acids is 1. The van der Waals surface area contributed by atoms with Gasteiger partial charge in [-0.3, -0.25) is 4.79 Å². The largest absolute Gasteiger partial charge is 0.398 e. The van der Waals surface area contributed by atoms with E-state index in [1.165, 1.54) is 13.0 Å². The standard InChI is InChI=1S/C15H13BrF2N2O/c1-8(14-11(17)3-2-4-12(14)18)20-15(21)9-5-6-13(19)10(16)7-9/h2-8H,19H2,1H3,(H,20,21). The normalized spacial score (nSPS) is 12.0. The number of amides is 1. The van der Waals surface area contributed by atoms with Gasteiger partial charge in [0.1, 0.15) is 11.6 Å². The number of nitrogens with two attached hydrogens (primary N) is 1. The van der Waals surface area contributed by atoms with E-state index in [1.807, 2.05) is 0 Å². The predicted octanol–water partition coefficient (Wildman–Crippen LogP) is 3.80. The molecule has 0 aromatic heterocycles. The Morgan fingerprint density at radius 1 is 1.24 bits per heavy atom. The number of hydrogen-bond acceptors (Lipinski definition) is 2. The first kappa shape index (κ1) is 15.4. The van der Waals surface area contributed by atoms with Crippen LogP contribution in [0.25, 0.3) is 0 Å². The highest BCUT2D eigenvalue weighted by atomic mass is 79.9. The molecule has 3 N–H and O–H groups in total. The van der Waals surface area contributed by atoms with Crippen LogP contribution in [0.4, 0.5) is 14.5 Å². The van der Waals surface area contributed by atoms with Gasteiger partial charge in [-0.25, -0.2) is 8.78 Å². The van der Waals surface area contributed by atoms with Crippen molar-refractivity contribution in [1.82, 2.24) is 5.32 Å². The van der Waals surface area contributed by atoms with E-state index in [2.05, 4.69) is 21.2 Å². The van der Waals surface area contributed by atoms with Gasteiger partial charge in [0, 0.05) is 21.3 Å². The van der Waals surface area contributed by atoms with E-state index in [4.69, 9.17) is 5.73 Å². The highest BCUT2D eigenvalue weighted by molar-refractivity contribution is 9.10. The highest BCUT2D eigenvalue weighted by Crippen LogP contribution is 2.23. The lowest BCUT2D eigenvalue weighted by molar-refractivity contribution is 0.0939. The second-order valence-electron chi connectivity index (χ2n) is 4.57. The van der Waals surface area contributed by atoms with Crippen molar-refractivity contribution in [1.29, 1.82) is 0 Å². The second-order valence-corrected chi connectivity index (χ2v) is 5.42. The van der Waals surface area contributed by atoms with E-state index >= 15 is 0 Å². The molecule has 2 aromatic rings. The van der Waals surface area contributed by atoms with Crippen molar-refractivity contribution in [3.8, 4) is 0 Å². The van der Waals surface area contributed by atoms with E-state index in [9.17, 15) is 13.6 Å². The Morgan fingerprint density at radius 3 is 2.43 bits per heavy atom. The van der Waals surface area contributed by atoms with E-state index in [0.717, 1.165) is 12.1 Å². The van der Waals surface area contributed by atoms with Gasteiger partial charge in [0.15, 0.2) is 0 Å². The Morgan fingerprint density at radius 2 is 1.86 bits per heavy atom. The zero-order valence-corrected chi connectivity index (χ0v) is 12.7. The van der Waals surface area contributed by atoms with E-state index in [-0.39, 0.29) is 5.56 Å². The van der Waals surface area contributed by atoms with Crippen LogP contribution in [0, 0.1) is 11.6 Å². The van der Waals surface area contributed by atoms with Gasteiger partial charge in [-0.05, 0) is 53.2 Å². The smallest absolute Gasteiger partial charge is 0.251 e. The summed E-state index contributed by atoms with van der Waals surface area (Å²) < 4.78 is 27.9. The maximum atomic E-state index is 13.7. The van der Waals surface area contributed by atoms with Gasteiger partial charge < -0.3 is 11.1 Å². The number of carbonyl (C=O) groups is 1. The molecule has 110 valence electrons. The fourth-order valence-electron chi connectivity index (χ4n) is 1.94. The topological polar surface area (TPSA) is 55.1 Å². The molecule has 0 aliphatic heterocycles. The third kappa shape index (κ3) is 3.39. The van der Waals surface area contributed by atoms with Gasteiger partial charge in [-0.15, -0.1) is 0 Å². The van der Waals surface area contributed by atoms with E-state index in [0.29, 0.717) is 15.7 Å². The van der Waals surface area contributed by atoms with Crippen molar-refractivity contribution in [3.63, 3.8) is 0 Å². The van der Waals surface area contributed by atoms with Gasteiger partial charge in [-0.2, -0.15) is 0 Å². The molecule has 0 aliphatic rings. The van der Waals surface area contributed by atoms with Gasteiger partial charge in [0.2, 0.25) is 0 Å². The first-order valence-electron chi connectivity index (χ1n) is 6.20. The Kier molecular flexibility index (Phi) is 4.57. The fraction of sp³-hybridized carbons (Fsp3) is 0.133. The van der Waals surface area contributed by atoms with Crippen LogP contribution in [0.2, 0.25) is 0 Å². The average molecular weight is 355 g/mol. The Bertz CT molecular complexity index is 671. The third-order valence-electron chi connectivity index (χ3n) is 3.04. The van der Waals surface area contributed by atoms with Gasteiger partial charge in [0.25, 0.3) is 5.91 Å². The lowest BCUT2D eigenvalue weighted by Crippen LogP contribution is -2.28. The molecule has 1 unspecified atom stereocenters. The molecule has 2 aromatic carbocycles. The van der Waals surface area contributed by atoms with Gasteiger partial charge in [-0.1, -0.05) is 6.07 Å². The number of rotatable bonds is 3. The van der Waals surface area contributed by atoms with Crippen LogP contribution >= 0.6 is 15.9 Å². The van der Waals surface area contributed by atoms with E-state index < -0.39 is 23.6 Å². The Hall–Kier alpha value is -1.95. The molecule has 3 nitrogen and oxygen atoms in total. The number of nitrogen functional groups attached to an aromatic ring is 1. The minimum atomic E-state index is -0.796. The van der Waals surface area contributed by atoms with Gasteiger partial charge in [0.05, 0.1) is 6.04 Å². The lowest BCUT2D eigenvalue weighted by Gasteiger charge is -2.16. The Labute approximate surface area is 129 Å². The minimum Gasteiger partial charge on any atom is -0.398 e. The summed E-state index contributed by atoms with van der Waals surface area (Å²) in [4.78, 5) is 12.1. The zero-order valence-electron chi connectivity index (χ0n) is 11.2. The molecule has 21 heavy (non-hydrogen) atoms. The van der Waals surface area contributed by atoms with Crippen LogP contribution < -0.4 is 11.1 Å². The average Bonchev–Trinajstić information content (AvgIpc) is 2.41. The number of benzene rings is 2. The summed E-state index contributed by atoms with van der Waals surface area (Å²) >= 11 is 3.22. The molecule has 2 rings (SSSR count). The maximum Gasteiger partial charge on any atom is 0.251 e. The van der Waals surface area contributed by atoms with Crippen molar-refractivity contribution in [2.24, 2.45) is 0 Å². The third-order valence-corrected chi connectivity index (χ3v) is 3.73.